The molecular formula is C15H15FN2OS. The molecule has 3 rings (SSSR count). The highest BCUT2D eigenvalue weighted by Crippen LogP contribution is 2.30. The third kappa shape index (κ3) is 2.34. The summed E-state index contributed by atoms with van der Waals surface area (Å²) in [6.45, 7) is 4.77. The zero-order valence-corrected chi connectivity index (χ0v) is 12.1. The standard InChI is InChI=1S/C15H15FN2OS/c1-3-17-14(12-8-20-9(2)18-12)13-7-10-5-4-6-11(16)15(10)19-13/h4-8,14,17H,3H2,1-2H3. The summed E-state index contributed by atoms with van der Waals surface area (Å²) in [6.07, 6.45) is 0. The highest BCUT2D eigenvalue weighted by atomic mass is 32.1. The Kier molecular flexibility index (Phi) is 3.54. The molecule has 5 heteroatoms. The van der Waals surface area contributed by atoms with Gasteiger partial charge in [0, 0.05) is 10.8 Å². The minimum Gasteiger partial charge on any atom is -0.456 e. The number of para-hydroxylation sites is 1. The molecule has 0 saturated carbocycles. The number of rotatable bonds is 4. The van der Waals surface area contributed by atoms with Crippen molar-refractivity contribution in [1.82, 2.24) is 10.3 Å². The molecule has 0 amide bonds. The summed E-state index contributed by atoms with van der Waals surface area (Å²) < 4.78 is 19.4. The second-order valence-corrected chi connectivity index (χ2v) is 5.65. The quantitative estimate of drug-likeness (QED) is 0.788. The monoisotopic (exact) mass is 290 g/mol. The van der Waals surface area contributed by atoms with Gasteiger partial charge in [-0.15, -0.1) is 11.3 Å². The van der Waals surface area contributed by atoms with Crippen LogP contribution in [0.3, 0.4) is 0 Å². The Hall–Kier alpha value is -1.72. The van der Waals surface area contributed by atoms with E-state index in [9.17, 15) is 4.39 Å². The van der Waals surface area contributed by atoms with Crippen LogP contribution in [0.15, 0.2) is 34.1 Å². The zero-order chi connectivity index (χ0) is 14.1. The van der Waals surface area contributed by atoms with Crippen LogP contribution in [0.1, 0.15) is 29.4 Å². The summed E-state index contributed by atoms with van der Waals surface area (Å²) in [5.41, 5.74) is 1.21. The molecule has 0 radical (unpaired) electrons. The van der Waals surface area contributed by atoms with Gasteiger partial charge in [-0.2, -0.15) is 0 Å². The smallest absolute Gasteiger partial charge is 0.169 e. The van der Waals surface area contributed by atoms with Crippen molar-refractivity contribution in [3.63, 3.8) is 0 Å². The molecule has 1 unspecified atom stereocenters. The molecule has 1 atom stereocenters. The number of furan rings is 1. The van der Waals surface area contributed by atoms with Gasteiger partial charge in [0.15, 0.2) is 11.4 Å². The van der Waals surface area contributed by atoms with Crippen molar-refractivity contribution in [2.45, 2.75) is 19.9 Å². The van der Waals surface area contributed by atoms with Gasteiger partial charge in [0.25, 0.3) is 0 Å². The Labute approximate surface area is 120 Å². The minimum atomic E-state index is -0.335. The number of hydrogen-bond acceptors (Lipinski definition) is 4. The lowest BCUT2D eigenvalue weighted by atomic mass is 10.1. The van der Waals surface area contributed by atoms with Crippen LogP contribution in [-0.4, -0.2) is 11.5 Å². The van der Waals surface area contributed by atoms with E-state index in [1.165, 1.54) is 6.07 Å². The molecule has 3 aromatic rings. The first-order valence-corrected chi connectivity index (χ1v) is 7.40. The predicted molar refractivity (Wildman–Crippen MR) is 78.5 cm³/mol. The first-order valence-electron chi connectivity index (χ1n) is 6.52. The van der Waals surface area contributed by atoms with Crippen molar-refractivity contribution in [3.05, 3.63) is 51.9 Å². The molecular weight excluding hydrogens is 275 g/mol. The molecule has 0 aliphatic carbocycles. The van der Waals surface area contributed by atoms with Crippen LogP contribution in [0.25, 0.3) is 11.0 Å². The van der Waals surface area contributed by atoms with Crippen molar-refractivity contribution in [1.29, 1.82) is 0 Å². The lowest BCUT2D eigenvalue weighted by Crippen LogP contribution is -2.21. The minimum absolute atomic E-state index is 0.142. The van der Waals surface area contributed by atoms with Gasteiger partial charge in [0.05, 0.1) is 10.7 Å². The molecule has 0 aliphatic heterocycles. The number of benzene rings is 1. The fraction of sp³-hybridized carbons (Fsp3) is 0.267. The van der Waals surface area contributed by atoms with E-state index in [4.69, 9.17) is 4.42 Å². The molecule has 0 saturated heterocycles. The number of fused-ring (bicyclic) bond motifs is 1. The maximum absolute atomic E-state index is 13.7. The molecule has 2 heterocycles. The molecule has 3 nitrogen and oxygen atoms in total. The van der Waals surface area contributed by atoms with E-state index in [1.807, 2.05) is 31.4 Å². The summed E-state index contributed by atoms with van der Waals surface area (Å²) in [6, 6.07) is 6.68. The third-order valence-electron chi connectivity index (χ3n) is 3.14. The van der Waals surface area contributed by atoms with E-state index >= 15 is 0 Å². The normalized spacial score (nSPS) is 12.9. The molecule has 0 aliphatic rings. The predicted octanol–water partition coefficient (Wildman–Crippen LogP) is 4.04. The van der Waals surface area contributed by atoms with Gasteiger partial charge in [0.2, 0.25) is 0 Å². The summed E-state index contributed by atoms with van der Waals surface area (Å²) in [7, 11) is 0. The van der Waals surface area contributed by atoms with Gasteiger partial charge < -0.3 is 9.73 Å². The van der Waals surface area contributed by atoms with Crippen molar-refractivity contribution < 1.29 is 8.81 Å². The maximum Gasteiger partial charge on any atom is 0.169 e. The topological polar surface area (TPSA) is 38.1 Å². The van der Waals surface area contributed by atoms with Crippen LogP contribution in [0.4, 0.5) is 4.39 Å². The van der Waals surface area contributed by atoms with Crippen LogP contribution >= 0.6 is 11.3 Å². The first kappa shape index (κ1) is 13.3. The van der Waals surface area contributed by atoms with Crippen LogP contribution in [0.2, 0.25) is 0 Å². The number of thiazole rings is 1. The highest BCUT2D eigenvalue weighted by Gasteiger charge is 2.21. The van der Waals surface area contributed by atoms with E-state index in [1.54, 1.807) is 17.4 Å². The number of aryl methyl sites for hydroxylation is 1. The lowest BCUT2D eigenvalue weighted by molar-refractivity contribution is 0.460. The zero-order valence-electron chi connectivity index (χ0n) is 11.3. The Morgan fingerprint density at radius 1 is 1.45 bits per heavy atom. The maximum atomic E-state index is 13.7. The fourth-order valence-electron chi connectivity index (χ4n) is 2.26. The number of aromatic nitrogens is 1. The second kappa shape index (κ2) is 5.34. The number of nitrogens with zero attached hydrogens (tertiary/aromatic N) is 1. The molecule has 0 bridgehead atoms. The van der Waals surface area contributed by atoms with Gasteiger partial charge >= 0.3 is 0 Å². The summed E-state index contributed by atoms with van der Waals surface area (Å²) in [4.78, 5) is 4.50. The Balaban J connectivity index is 2.07. The van der Waals surface area contributed by atoms with Crippen LogP contribution in [0, 0.1) is 12.7 Å². The van der Waals surface area contributed by atoms with Crippen LogP contribution in [-0.2, 0) is 0 Å². The van der Waals surface area contributed by atoms with Crippen molar-refractivity contribution >= 4 is 22.3 Å². The average molecular weight is 290 g/mol. The summed E-state index contributed by atoms with van der Waals surface area (Å²) in [5.74, 6) is 0.357. The van der Waals surface area contributed by atoms with Gasteiger partial charge in [-0.1, -0.05) is 19.1 Å². The van der Waals surface area contributed by atoms with Crippen LogP contribution < -0.4 is 5.32 Å². The van der Waals surface area contributed by atoms with Crippen molar-refractivity contribution in [2.24, 2.45) is 0 Å². The second-order valence-electron chi connectivity index (χ2n) is 4.59. The Morgan fingerprint density at radius 3 is 2.95 bits per heavy atom. The fourth-order valence-corrected chi connectivity index (χ4v) is 2.90. The van der Waals surface area contributed by atoms with Gasteiger partial charge in [-0.25, -0.2) is 9.37 Å². The van der Waals surface area contributed by atoms with E-state index in [2.05, 4.69) is 10.3 Å². The number of nitrogens with one attached hydrogen (secondary N) is 1. The number of halogens is 1. The highest BCUT2D eigenvalue weighted by molar-refractivity contribution is 7.09. The van der Waals surface area contributed by atoms with Crippen LogP contribution in [0.5, 0.6) is 0 Å². The van der Waals surface area contributed by atoms with E-state index in [0.717, 1.165) is 22.6 Å². The molecule has 104 valence electrons. The molecule has 1 N–H and O–H groups in total. The molecule has 2 aromatic heterocycles. The third-order valence-corrected chi connectivity index (χ3v) is 3.93. The Morgan fingerprint density at radius 2 is 2.30 bits per heavy atom. The van der Waals surface area contributed by atoms with Gasteiger partial charge in [0.1, 0.15) is 11.8 Å². The molecule has 0 spiro atoms. The molecule has 1 aromatic carbocycles. The average Bonchev–Trinajstić information content (AvgIpc) is 3.03. The Bertz CT molecular complexity index is 734. The van der Waals surface area contributed by atoms with E-state index in [-0.39, 0.29) is 11.9 Å². The van der Waals surface area contributed by atoms with Crippen molar-refractivity contribution in [2.75, 3.05) is 6.54 Å². The van der Waals surface area contributed by atoms with Crippen molar-refractivity contribution in [3.8, 4) is 0 Å². The number of hydrogen-bond donors (Lipinski definition) is 1. The lowest BCUT2D eigenvalue weighted by Gasteiger charge is -2.12. The summed E-state index contributed by atoms with van der Waals surface area (Å²) >= 11 is 1.60. The largest absolute Gasteiger partial charge is 0.456 e. The molecule has 0 fully saturated rings. The van der Waals surface area contributed by atoms with E-state index < -0.39 is 0 Å². The SMILES string of the molecule is CCNC(c1csc(C)n1)c1cc2cccc(F)c2o1. The summed E-state index contributed by atoms with van der Waals surface area (Å²) in [5, 5.41) is 7.12. The molecule has 20 heavy (non-hydrogen) atoms. The first-order chi connectivity index (χ1) is 9.69. The van der Waals surface area contributed by atoms with Gasteiger partial charge in [-0.05, 0) is 25.6 Å². The van der Waals surface area contributed by atoms with E-state index in [0.29, 0.717) is 11.3 Å². The van der Waals surface area contributed by atoms with Gasteiger partial charge in [-0.3, -0.25) is 0 Å².